The molecule has 0 radical (unpaired) electrons. The van der Waals surface area contributed by atoms with Gasteiger partial charge in [0.1, 0.15) is 0 Å². The highest BCUT2D eigenvalue weighted by Gasteiger charge is 2.35. The highest BCUT2D eigenvalue weighted by molar-refractivity contribution is 5.49. The van der Waals surface area contributed by atoms with Gasteiger partial charge < -0.3 is 0 Å². The number of hydrogen-bond donors (Lipinski definition) is 0. The van der Waals surface area contributed by atoms with Gasteiger partial charge in [0.2, 0.25) is 0 Å². The summed E-state index contributed by atoms with van der Waals surface area (Å²) >= 11 is 0. The lowest BCUT2D eigenvalue weighted by atomic mass is 9.83. The maximum Gasteiger partial charge on any atom is 0.416 e. The van der Waals surface area contributed by atoms with Gasteiger partial charge in [-0.05, 0) is 41.2 Å². The number of benzene rings is 2. The minimum atomic E-state index is -4.27. The zero-order valence-electron chi connectivity index (χ0n) is 9.59. The topological polar surface area (TPSA) is 0 Å². The van der Waals surface area contributed by atoms with E-state index in [4.69, 9.17) is 0 Å². The SMILES string of the molecule is FC(F)(F)c1cccc2c1Cc1ccccc1C2. The fourth-order valence-corrected chi connectivity index (χ4v) is 2.57. The Morgan fingerprint density at radius 2 is 1.33 bits per heavy atom. The molecule has 0 atom stereocenters. The van der Waals surface area contributed by atoms with E-state index in [1.54, 1.807) is 6.07 Å². The molecule has 3 heteroatoms. The summed E-state index contributed by atoms with van der Waals surface area (Å²) in [5, 5.41) is 0. The molecule has 0 saturated heterocycles. The molecule has 0 unspecified atom stereocenters. The van der Waals surface area contributed by atoms with E-state index in [-0.39, 0.29) is 0 Å². The van der Waals surface area contributed by atoms with Crippen molar-refractivity contribution in [2.75, 3.05) is 0 Å². The van der Waals surface area contributed by atoms with Crippen molar-refractivity contribution in [1.82, 2.24) is 0 Å². The van der Waals surface area contributed by atoms with Crippen molar-refractivity contribution in [3.63, 3.8) is 0 Å². The molecular formula is C15H11F3. The molecule has 3 rings (SSSR count). The van der Waals surface area contributed by atoms with Gasteiger partial charge in [-0.1, -0.05) is 36.4 Å². The van der Waals surface area contributed by atoms with E-state index in [9.17, 15) is 13.2 Å². The summed E-state index contributed by atoms with van der Waals surface area (Å²) in [6, 6.07) is 12.2. The van der Waals surface area contributed by atoms with Crippen LogP contribution in [0.5, 0.6) is 0 Å². The molecule has 0 aliphatic heterocycles. The normalized spacial score (nSPS) is 13.9. The Kier molecular flexibility index (Phi) is 2.44. The standard InChI is InChI=1S/C15H11F3/c16-15(17,18)14-7-3-6-12-8-10-4-1-2-5-11(10)9-13(12)14/h1-7H,8-9H2. The molecule has 18 heavy (non-hydrogen) atoms. The second kappa shape index (κ2) is 3.87. The third kappa shape index (κ3) is 1.80. The zero-order valence-corrected chi connectivity index (χ0v) is 9.59. The molecule has 0 aromatic heterocycles. The molecule has 0 spiro atoms. The van der Waals surface area contributed by atoms with E-state index in [1.807, 2.05) is 24.3 Å². The quantitative estimate of drug-likeness (QED) is 0.559. The van der Waals surface area contributed by atoms with Gasteiger partial charge in [0.15, 0.2) is 0 Å². The van der Waals surface area contributed by atoms with Gasteiger partial charge >= 0.3 is 6.18 Å². The van der Waals surface area contributed by atoms with Gasteiger partial charge in [0.25, 0.3) is 0 Å². The van der Waals surface area contributed by atoms with E-state index in [0.29, 0.717) is 18.4 Å². The van der Waals surface area contributed by atoms with Crippen LogP contribution in [-0.4, -0.2) is 0 Å². The minimum Gasteiger partial charge on any atom is -0.166 e. The Hall–Kier alpha value is -1.77. The molecular weight excluding hydrogens is 237 g/mol. The second-order valence-corrected chi connectivity index (χ2v) is 4.56. The average molecular weight is 248 g/mol. The first kappa shape index (κ1) is 11.3. The van der Waals surface area contributed by atoms with Gasteiger partial charge in [-0.15, -0.1) is 0 Å². The molecule has 0 bridgehead atoms. The smallest absolute Gasteiger partial charge is 0.166 e. The first-order chi connectivity index (χ1) is 8.55. The number of fused-ring (bicyclic) bond motifs is 2. The molecule has 2 aromatic rings. The van der Waals surface area contributed by atoms with Crippen LogP contribution in [0.4, 0.5) is 13.2 Å². The third-order valence-electron chi connectivity index (χ3n) is 3.44. The van der Waals surface area contributed by atoms with Crippen LogP contribution in [-0.2, 0) is 19.0 Å². The van der Waals surface area contributed by atoms with Crippen LogP contribution < -0.4 is 0 Å². The average Bonchev–Trinajstić information content (AvgIpc) is 2.34. The molecule has 0 saturated carbocycles. The van der Waals surface area contributed by atoms with Gasteiger partial charge in [0, 0.05) is 0 Å². The Balaban J connectivity index is 2.14. The van der Waals surface area contributed by atoms with Crippen LogP contribution in [0.3, 0.4) is 0 Å². The minimum absolute atomic E-state index is 0.376. The Morgan fingerprint density at radius 1 is 0.722 bits per heavy atom. The van der Waals surface area contributed by atoms with Gasteiger partial charge in [-0.3, -0.25) is 0 Å². The lowest BCUT2D eigenvalue weighted by molar-refractivity contribution is -0.138. The summed E-state index contributed by atoms with van der Waals surface area (Å²) in [6.45, 7) is 0. The Morgan fingerprint density at radius 3 is 2.00 bits per heavy atom. The van der Waals surface area contributed by atoms with E-state index >= 15 is 0 Å². The molecule has 0 amide bonds. The summed E-state index contributed by atoms with van der Waals surface area (Å²) in [5.74, 6) is 0. The maximum absolute atomic E-state index is 13.0. The summed E-state index contributed by atoms with van der Waals surface area (Å²) < 4.78 is 38.9. The summed E-state index contributed by atoms with van der Waals surface area (Å²) in [6.07, 6.45) is -3.30. The highest BCUT2D eigenvalue weighted by atomic mass is 19.4. The van der Waals surface area contributed by atoms with Crippen LogP contribution >= 0.6 is 0 Å². The Labute approximate surface area is 103 Å². The molecule has 0 nitrogen and oxygen atoms in total. The predicted octanol–water partition coefficient (Wildman–Crippen LogP) is 4.20. The summed E-state index contributed by atoms with van der Waals surface area (Å²) in [5.41, 5.74) is 2.87. The molecule has 92 valence electrons. The predicted molar refractivity (Wildman–Crippen MR) is 63.5 cm³/mol. The van der Waals surface area contributed by atoms with Crippen LogP contribution in [0.2, 0.25) is 0 Å². The molecule has 0 fully saturated rings. The lowest BCUT2D eigenvalue weighted by Gasteiger charge is -2.23. The monoisotopic (exact) mass is 248 g/mol. The van der Waals surface area contributed by atoms with E-state index in [2.05, 4.69) is 0 Å². The van der Waals surface area contributed by atoms with E-state index in [1.165, 1.54) is 12.1 Å². The van der Waals surface area contributed by atoms with Crippen molar-refractivity contribution in [3.8, 4) is 0 Å². The van der Waals surface area contributed by atoms with Crippen molar-refractivity contribution in [2.45, 2.75) is 19.0 Å². The molecule has 1 aliphatic carbocycles. The summed E-state index contributed by atoms with van der Waals surface area (Å²) in [7, 11) is 0. The fraction of sp³-hybridized carbons (Fsp3) is 0.200. The van der Waals surface area contributed by atoms with Crippen LogP contribution in [0.15, 0.2) is 42.5 Å². The molecule has 1 aliphatic rings. The first-order valence-corrected chi connectivity index (χ1v) is 5.80. The Bertz CT molecular complexity index is 597. The molecule has 0 heterocycles. The van der Waals surface area contributed by atoms with Crippen LogP contribution in [0, 0.1) is 0 Å². The van der Waals surface area contributed by atoms with Crippen LogP contribution in [0.25, 0.3) is 0 Å². The zero-order chi connectivity index (χ0) is 12.8. The first-order valence-electron chi connectivity index (χ1n) is 5.80. The van der Waals surface area contributed by atoms with Gasteiger partial charge in [-0.2, -0.15) is 13.2 Å². The third-order valence-corrected chi connectivity index (χ3v) is 3.44. The number of hydrogen-bond acceptors (Lipinski definition) is 0. The number of alkyl halides is 3. The maximum atomic E-state index is 13.0. The van der Waals surface area contributed by atoms with Crippen molar-refractivity contribution in [3.05, 3.63) is 70.3 Å². The largest absolute Gasteiger partial charge is 0.416 e. The van der Waals surface area contributed by atoms with Crippen molar-refractivity contribution < 1.29 is 13.2 Å². The van der Waals surface area contributed by atoms with E-state index < -0.39 is 11.7 Å². The summed E-state index contributed by atoms with van der Waals surface area (Å²) in [4.78, 5) is 0. The molecule has 0 N–H and O–H groups in total. The highest BCUT2D eigenvalue weighted by Crippen LogP contribution is 2.37. The van der Waals surface area contributed by atoms with Crippen molar-refractivity contribution >= 4 is 0 Å². The number of rotatable bonds is 0. The fourth-order valence-electron chi connectivity index (χ4n) is 2.57. The van der Waals surface area contributed by atoms with Crippen molar-refractivity contribution in [1.29, 1.82) is 0 Å². The second-order valence-electron chi connectivity index (χ2n) is 4.56. The van der Waals surface area contributed by atoms with Crippen LogP contribution in [0.1, 0.15) is 27.8 Å². The van der Waals surface area contributed by atoms with Gasteiger partial charge in [-0.25, -0.2) is 0 Å². The number of halogens is 3. The molecule has 2 aromatic carbocycles. The van der Waals surface area contributed by atoms with Gasteiger partial charge in [0.05, 0.1) is 5.56 Å². The van der Waals surface area contributed by atoms with E-state index in [0.717, 1.165) is 16.7 Å². The van der Waals surface area contributed by atoms with Crippen molar-refractivity contribution in [2.24, 2.45) is 0 Å². The lowest BCUT2D eigenvalue weighted by Crippen LogP contribution is -2.15.